The number of nitrogens with zero attached hydrogens (tertiary/aromatic N) is 7. The molecule has 1 unspecified atom stereocenters. The van der Waals surface area contributed by atoms with Gasteiger partial charge < -0.3 is 20.6 Å². The lowest BCUT2D eigenvalue weighted by Gasteiger charge is -2.37. The highest BCUT2D eigenvalue weighted by molar-refractivity contribution is 6.33. The van der Waals surface area contributed by atoms with Crippen LogP contribution in [0.3, 0.4) is 0 Å². The molecule has 0 aliphatic carbocycles. The maximum atomic E-state index is 15.4. The van der Waals surface area contributed by atoms with Gasteiger partial charge in [0.25, 0.3) is 0 Å². The first kappa shape index (κ1) is 35.4. The van der Waals surface area contributed by atoms with Crippen LogP contribution in [0.4, 0.5) is 27.5 Å². The van der Waals surface area contributed by atoms with Crippen LogP contribution < -0.4 is 26.5 Å². The predicted octanol–water partition coefficient (Wildman–Crippen LogP) is 4.56. The summed E-state index contributed by atoms with van der Waals surface area (Å²) in [5, 5.41) is 25.3. The molecule has 0 radical (unpaired) electrons. The van der Waals surface area contributed by atoms with Crippen molar-refractivity contribution in [1.82, 2.24) is 34.2 Å². The van der Waals surface area contributed by atoms with Crippen molar-refractivity contribution in [3.05, 3.63) is 63.5 Å². The number of piperidine rings is 2. The van der Waals surface area contributed by atoms with Crippen molar-refractivity contribution in [1.29, 1.82) is 0 Å². The van der Waals surface area contributed by atoms with Crippen LogP contribution in [0.15, 0.2) is 41.3 Å². The lowest BCUT2D eigenvalue weighted by Crippen LogP contribution is -2.46. The fourth-order valence-corrected chi connectivity index (χ4v) is 7.39. The monoisotopic (exact) mass is 732 g/mol. The Bertz CT molecular complexity index is 2280. The zero-order valence-corrected chi connectivity index (χ0v) is 30.5. The Morgan fingerprint density at radius 3 is 2.60 bits per heavy atom. The summed E-state index contributed by atoms with van der Waals surface area (Å²) in [7, 11) is 3.38. The van der Waals surface area contributed by atoms with E-state index in [2.05, 4.69) is 37.9 Å². The van der Waals surface area contributed by atoms with E-state index in [9.17, 15) is 19.5 Å². The minimum Gasteiger partial charge on any atom is -0.390 e. The van der Waals surface area contributed by atoms with Gasteiger partial charge in [0.1, 0.15) is 10.5 Å². The van der Waals surface area contributed by atoms with Crippen molar-refractivity contribution in [3.8, 4) is 0 Å². The number of imide groups is 1. The molecule has 52 heavy (non-hydrogen) atoms. The summed E-state index contributed by atoms with van der Waals surface area (Å²) < 4.78 is 19.9. The topological polar surface area (TPSA) is 164 Å². The fourth-order valence-electron chi connectivity index (χ4n) is 7.25. The summed E-state index contributed by atoms with van der Waals surface area (Å²) in [4.78, 5) is 48.5. The second-order valence-corrected chi connectivity index (χ2v) is 15.0. The number of hydrogen-bond acceptors (Lipinski definition) is 10. The molecule has 0 spiro atoms. The Hall–Kier alpha value is -5.02. The summed E-state index contributed by atoms with van der Waals surface area (Å²) in [5.41, 5.74) is 2.08. The number of aryl methyl sites for hydroxylation is 3. The first-order valence-corrected chi connectivity index (χ1v) is 17.8. The van der Waals surface area contributed by atoms with E-state index in [0.29, 0.717) is 61.0 Å². The highest BCUT2D eigenvalue weighted by Gasteiger charge is 2.32. The minimum absolute atomic E-state index is 0.163. The Balaban J connectivity index is 1.05. The van der Waals surface area contributed by atoms with Crippen molar-refractivity contribution >= 4 is 68.5 Å². The zero-order chi connectivity index (χ0) is 37.1. The van der Waals surface area contributed by atoms with E-state index in [4.69, 9.17) is 16.6 Å². The third-order valence-corrected chi connectivity index (χ3v) is 10.4. The van der Waals surface area contributed by atoms with Crippen molar-refractivity contribution in [2.45, 2.75) is 70.6 Å². The van der Waals surface area contributed by atoms with Crippen LogP contribution in [0.25, 0.3) is 21.9 Å². The molecular formula is C36H42ClFN10O4. The number of fused-ring (bicyclic) bond motifs is 2. The molecule has 2 amide bonds. The second kappa shape index (κ2) is 13.5. The molecular weight excluding hydrogens is 691 g/mol. The molecule has 16 heteroatoms. The van der Waals surface area contributed by atoms with Crippen molar-refractivity contribution in [3.63, 3.8) is 0 Å². The highest BCUT2D eigenvalue weighted by Crippen LogP contribution is 2.34. The normalized spacial score (nSPS) is 19.8. The molecule has 2 aliphatic rings. The fraction of sp³-hybridized carbons (Fsp3) is 0.444. The Kier molecular flexibility index (Phi) is 9.19. The number of amides is 2. The van der Waals surface area contributed by atoms with E-state index in [1.807, 2.05) is 25.2 Å². The summed E-state index contributed by atoms with van der Waals surface area (Å²) >= 11 is 6.52. The van der Waals surface area contributed by atoms with Crippen molar-refractivity contribution < 1.29 is 19.1 Å². The Morgan fingerprint density at radius 1 is 1.10 bits per heavy atom. The number of benzene rings is 2. The first-order valence-electron chi connectivity index (χ1n) is 17.4. The SMILES string of the molecule is C[C@@H]1CN(c2ncc(Cl)c(Nc3cc(F)c4c(c3)n(CCC(C)(C)O)c(=O)n4C)n2)CC[C@H]1Nc1ccc2c(C3CCC(=O)NC3=O)nn(C)c2c1. The van der Waals surface area contributed by atoms with Gasteiger partial charge in [0.15, 0.2) is 11.6 Å². The Labute approximate surface area is 304 Å². The maximum Gasteiger partial charge on any atom is 0.328 e. The van der Waals surface area contributed by atoms with Crippen LogP contribution in [0.1, 0.15) is 58.1 Å². The number of nitrogens with one attached hydrogen (secondary N) is 3. The number of rotatable bonds is 9. The van der Waals surface area contributed by atoms with Gasteiger partial charge in [0, 0.05) is 63.0 Å². The third-order valence-electron chi connectivity index (χ3n) is 10.1. The van der Waals surface area contributed by atoms with Crippen LogP contribution in [-0.4, -0.2) is 70.5 Å². The molecule has 14 nitrogen and oxygen atoms in total. The molecule has 0 saturated carbocycles. The molecule has 2 saturated heterocycles. The molecule has 274 valence electrons. The zero-order valence-electron chi connectivity index (χ0n) is 29.7. The van der Waals surface area contributed by atoms with Gasteiger partial charge >= 0.3 is 5.69 Å². The van der Waals surface area contributed by atoms with Crippen molar-refractivity contribution in [2.75, 3.05) is 28.6 Å². The number of halogens is 2. The number of imidazole rings is 1. The summed E-state index contributed by atoms with van der Waals surface area (Å²) in [6, 6.07) is 9.17. The maximum absolute atomic E-state index is 15.4. The van der Waals surface area contributed by atoms with E-state index in [-0.39, 0.29) is 46.5 Å². The van der Waals surface area contributed by atoms with Crippen LogP contribution in [0.2, 0.25) is 5.02 Å². The third kappa shape index (κ3) is 6.82. The van der Waals surface area contributed by atoms with Crippen LogP contribution in [-0.2, 0) is 30.2 Å². The minimum atomic E-state index is -0.998. The molecule has 5 heterocycles. The first-order chi connectivity index (χ1) is 24.7. The largest absolute Gasteiger partial charge is 0.390 e. The molecule has 2 fully saturated rings. The average molecular weight is 733 g/mol. The van der Waals surface area contributed by atoms with E-state index in [0.717, 1.165) is 23.0 Å². The van der Waals surface area contributed by atoms with Gasteiger partial charge in [-0.15, -0.1) is 0 Å². The molecule has 4 N–H and O–H groups in total. The van der Waals surface area contributed by atoms with Gasteiger partial charge in [0.2, 0.25) is 17.8 Å². The van der Waals surface area contributed by atoms with E-state index >= 15 is 4.39 Å². The lowest BCUT2D eigenvalue weighted by atomic mass is 9.92. The van der Waals surface area contributed by atoms with Gasteiger partial charge in [-0.25, -0.2) is 14.2 Å². The summed E-state index contributed by atoms with van der Waals surface area (Å²) in [6.07, 6.45) is 3.37. The number of anilines is 4. The predicted molar refractivity (Wildman–Crippen MR) is 198 cm³/mol. The lowest BCUT2D eigenvalue weighted by molar-refractivity contribution is -0.134. The van der Waals surface area contributed by atoms with Gasteiger partial charge in [-0.2, -0.15) is 10.1 Å². The van der Waals surface area contributed by atoms with Crippen LogP contribution in [0.5, 0.6) is 0 Å². The number of carbonyl (C=O) groups excluding carboxylic acids is 2. The average Bonchev–Trinajstić information content (AvgIpc) is 3.53. The molecule has 2 aromatic carbocycles. The molecule has 3 aromatic heterocycles. The number of carbonyl (C=O) groups is 2. The second-order valence-electron chi connectivity index (χ2n) is 14.6. The van der Waals surface area contributed by atoms with Crippen molar-refractivity contribution in [2.24, 2.45) is 20.0 Å². The number of aromatic nitrogens is 6. The van der Waals surface area contributed by atoms with E-state index in [1.54, 1.807) is 24.6 Å². The van der Waals surface area contributed by atoms with Crippen LogP contribution >= 0.6 is 11.6 Å². The van der Waals surface area contributed by atoms with Gasteiger partial charge in [0.05, 0.1) is 34.4 Å². The van der Waals surface area contributed by atoms with Gasteiger partial charge in [-0.1, -0.05) is 18.5 Å². The standard InChI is InChI=1S/C36H42ClFN10O4/c1-19-18-47(12-10-26(19)40-20-6-7-22-27(15-20)46(5)44-30(22)23-8-9-29(49)42-33(23)50)34-39-17-24(37)32(43-34)41-21-14-25(38)31-28(16-21)48(35(51)45(31)4)13-11-36(2,3)52/h6-7,14-17,19,23,26,40,52H,8-13,18H2,1-5H3,(H,39,41,43)(H,42,49,50)/t19-,23?,26-/m1/s1. The summed E-state index contributed by atoms with van der Waals surface area (Å²) in [5.74, 6) is -0.592. The number of aliphatic hydroxyl groups is 1. The summed E-state index contributed by atoms with van der Waals surface area (Å²) in [6.45, 7) is 7.05. The van der Waals surface area contributed by atoms with Crippen LogP contribution in [0, 0.1) is 11.7 Å². The molecule has 3 atom stereocenters. The molecule has 2 aliphatic heterocycles. The van der Waals surface area contributed by atoms with Gasteiger partial charge in [-0.05, 0) is 69.4 Å². The van der Waals surface area contributed by atoms with E-state index in [1.165, 1.54) is 28.4 Å². The Morgan fingerprint density at radius 2 is 1.87 bits per heavy atom. The smallest absolute Gasteiger partial charge is 0.328 e. The molecule has 0 bridgehead atoms. The quantitative estimate of drug-likeness (QED) is 0.158. The number of hydrogen-bond donors (Lipinski definition) is 4. The molecule has 7 rings (SSSR count). The molecule has 5 aromatic rings. The highest BCUT2D eigenvalue weighted by atomic mass is 35.5. The van der Waals surface area contributed by atoms with Gasteiger partial charge in [-0.3, -0.25) is 28.7 Å². The van der Waals surface area contributed by atoms with E-state index < -0.39 is 17.3 Å².